The summed E-state index contributed by atoms with van der Waals surface area (Å²) in [5.41, 5.74) is 0.935. The van der Waals surface area contributed by atoms with Crippen molar-refractivity contribution in [3.63, 3.8) is 0 Å². The highest BCUT2D eigenvalue weighted by Gasteiger charge is 2.36. The molecule has 2 atom stereocenters. The number of rotatable bonds is 1. The third kappa shape index (κ3) is 1.85. The van der Waals surface area contributed by atoms with Gasteiger partial charge in [0.05, 0.1) is 11.7 Å². The molecule has 0 spiro atoms. The monoisotopic (exact) mass is 255 g/mol. The molecule has 2 fully saturated rings. The molecule has 0 radical (unpaired) electrons. The molecule has 2 aliphatic rings. The van der Waals surface area contributed by atoms with E-state index in [1.165, 1.54) is 12.8 Å². The molecule has 4 rings (SSSR count). The Morgan fingerprint density at radius 1 is 1.26 bits per heavy atom. The average molecular weight is 255 g/mol. The molecule has 0 aromatic carbocycles. The lowest BCUT2D eigenvalue weighted by Gasteiger charge is -2.32. The topological polar surface area (TPSA) is 53.9 Å². The van der Waals surface area contributed by atoms with E-state index in [0.717, 1.165) is 42.4 Å². The lowest BCUT2D eigenvalue weighted by Crippen LogP contribution is -2.44. The van der Waals surface area contributed by atoms with Crippen molar-refractivity contribution in [2.45, 2.75) is 18.9 Å². The van der Waals surface area contributed by atoms with Gasteiger partial charge in [-0.15, -0.1) is 0 Å². The van der Waals surface area contributed by atoms with Gasteiger partial charge < -0.3 is 10.2 Å². The molecule has 5 nitrogen and oxygen atoms in total. The Hall–Kier alpha value is -1.75. The lowest BCUT2D eigenvalue weighted by molar-refractivity contribution is 0.359. The minimum absolute atomic E-state index is 0.607. The summed E-state index contributed by atoms with van der Waals surface area (Å²) in [5.74, 6) is 1.62. The first-order chi connectivity index (χ1) is 9.42. The lowest BCUT2D eigenvalue weighted by atomic mass is 9.94. The van der Waals surface area contributed by atoms with E-state index < -0.39 is 0 Å². The van der Waals surface area contributed by atoms with Gasteiger partial charge in [0.1, 0.15) is 0 Å². The van der Waals surface area contributed by atoms with Crippen LogP contribution in [0.2, 0.25) is 0 Å². The Morgan fingerprint density at radius 2 is 2.26 bits per heavy atom. The normalized spacial score (nSPS) is 26.6. The number of aromatic nitrogens is 3. The predicted molar refractivity (Wildman–Crippen MR) is 74.1 cm³/mol. The third-order valence-electron chi connectivity index (χ3n) is 4.34. The number of piperidine rings is 1. The second kappa shape index (κ2) is 4.42. The zero-order chi connectivity index (χ0) is 12.7. The van der Waals surface area contributed by atoms with Crippen molar-refractivity contribution in [2.75, 3.05) is 24.5 Å². The van der Waals surface area contributed by atoms with E-state index in [0.29, 0.717) is 6.04 Å². The zero-order valence-electron chi connectivity index (χ0n) is 10.8. The molecule has 2 aromatic rings. The van der Waals surface area contributed by atoms with E-state index in [-0.39, 0.29) is 0 Å². The van der Waals surface area contributed by atoms with E-state index in [9.17, 15) is 0 Å². The van der Waals surface area contributed by atoms with Gasteiger partial charge in [0, 0.05) is 30.4 Å². The van der Waals surface area contributed by atoms with Gasteiger partial charge >= 0.3 is 0 Å². The van der Waals surface area contributed by atoms with E-state index in [2.05, 4.69) is 25.2 Å². The van der Waals surface area contributed by atoms with Crippen LogP contribution >= 0.6 is 0 Å². The summed E-state index contributed by atoms with van der Waals surface area (Å²) in [4.78, 5) is 15.8. The zero-order valence-corrected chi connectivity index (χ0v) is 10.8. The molecule has 2 aliphatic heterocycles. The van der Waals surface area contributed by atoms with Gasteiger partial charge in [-0.3, -0.25) is 4.98 Å². The summed E-state index contributed by atoms with van der Waals surface area (Å²) in [7, 11) is 0. The molecule has 0 aliphatic carbocycles. The summed E-state index contributed by atoms with van der Waals surface area (Å²) in [6.07, 6.45) is 7.94. The van der Waals surface area contributed by atoms with Gasteiger partial charge in [0.25, 0.3) is 0 Å². The van der Waals surface area contributed by atoms with Crippen LogP contribution in [-0.2, 0) is 0 Å². The SMILES string of the molecule is c1cc2cnc(N3CCC4CNCCC43)nc2cn1. The number of nitrogens with zero attached hydrogens (tertiary/aromatic N) is 4. The van der Waals surface area contributed by atoms with Crippen LogP contribution in [0.1, 0.15) is 12.8 Å². The van der Waals surface area contributed by atoms with Gasteiger partial charge in [0.15, 0.2) is 0 Å². The summed E-state index contributed by atoms with van der Waals surface area (Å²) >= 11 is 0. The van der Waals surface area contributed by atoms with Crippen LogP contribution in [0.25, 0.3) is 10.9 Å². The van der Waals surface area contributed by atoms with Gasteiger partial charge in [0.2, 0.25) is 5.95 Å². The first kappa shape index (κ1) is 11.1. The molecule has 5 heteroatoms. The Balaban J connectivity index is 1.70. The van der Waals surface area contributed by atoms with Gasteiger partial charge in [-0.1, -0.05) is 0 Å². The third-order valence-corrected chi connectivity index (χ3v) is 4.34. The molecule has 4 heterocycles. The van der Waals surface area contributed by atoms with Crippen molar-refractivity contribution in [3.05, 3.63) is 24.7 Å². The van der Waals surface area contributed by atoms with Gasteiger partial charge in [-0.05, 0) is 37.9 Å². The van der Waals surface area contributed by atoms with E-state index in [1.54, 1.807) is 6.20 Å². The Bertz CT molecular complexity index is 599. The molecule has 2 aromatic heterocycles. The number of fused-ring (bicyclic) bond motifs is 2. The average Bonchev–Trinajstić information content (AvgIpc) is 2.91. The van der Waals surface area contributed by atoms with Gasteiger partial charge in [-0.25, -0.2) is 9.97 Å². The smallest absolute Gasteiger partial charge is 0.226 e. The number of pyridine rings is 1. The first-order valence-corrected chi connectivity index (χ1v) is 6.96. The molecule has 0 amide bonds. The molecule has 2 saturated heterocycles. The Kier molecular flexibility index (Phi) is 2.58. The fraction of sp³-hybridized carbons (Fsp3) is 0.500. The quantitative estimate of drug-likeness (QED) is 0.830. The van der Waals surface area contributed by atoms with Crippen LogP contribution in [0.3, 0.4) is 0 Å². The molecule has 0 saturated carbocycles. The van der Waals surface area contributed by atoms with Crippen molar-refractivity contribution in [2.24, 2.45) is 5.92 Å². The largest absolute Gasteiger partial charge is 0.337 e. The highest BCUT2D eigenvalue weighted by Crippen LogP contribution is 2.31. The Labute approximate surface area is 112 Å². The number of anilines is 1. The van der Waals surface area contributed by atoms with Crippen LogP contribution in [0, 0.1) is 5.92 Å². The van der Waals surface area contributed by atoms with Crippen molar-refractivity contribution < 1.29 is 0 Å². The van der Waals surface area contributed by atoms with Crippen LogP contribution < -0.4 is 10.2 Å². The molecule has 0 bridgehead atoms. The minimum Gasteiger partial charge on any atom is -0.337 e. The molecule has 98 valence electrons. The van der Waals surface area contributed by atoms with Crippen LogP contribution in [0.15, 0.2) is 24.7 Å². The maximum atomic E-state index is 4.68. The molecular weight excluding hydrogens is 238 g/mol. The van der Waals surface area contributed by atoms with Crippen molar-refractivity contribution >= 4 is 16.9 Å². The maximum absolute atomic E-state index is 4.68. The first-order valence-electron chi connectivity index (χ1n) is 6.96. The van der Waals surface area contributed by atoms with Crippen molar-refractivity contribution in [1.29, 1.82) is 0 Å². The summed E-state index contributed by atoms with van der Waals surface area (Å²) in [6.45, 7) is 3.31. The summed E-state index contributed by atoms with van der Waals surface area (Å²) in [6, 6.07) is 2.56. The van der Waals surface area contributed by atoms with Crippen LogP contribution in [0.5, 0.6) is 0 Å². The fourth-order valence-corrected chi connectivity index (χ4v) is 3.33. The number of hydrogen-bond donors (Lipinski definition) is 1. The van der Waals surface area contributed by atoms with Crippen molar-refractivity contribution in [3.8, 4) is 0 Å². The molecular formula is C14H17N5. The molecule has 19 heavy (non-hydrogen) atoms. The molecule has 2 unspecified atom stereocenters. The van der Waals surface area contributed by atoms with E-state index >= 15 is 0 Å². The Morgan fingerprint density at radius 3 is 3.26 bits per heavy atom. The minimum atomic E-state index is 0.607. The number of hydrogen-bond acceptors (Lipinski definition) is 5. The number of nitrogens with one attached hydrogen (secondary N) is 1. The van der Waals surface area contributed by atoms with Crippen LogP contribution in [0.4, 0.5) is 5.95 Å². The van der Waals surface area contributed by atoms with E-state index in [1.807, 2.05) is 18.5 Å². The van der Waals surface area contributed by atoms with E-state index in [4.69, 9.17) is 0 Å². The second-order valence-corrected chi connectivity index (χ2v) is 5.41. The van der Waals surface area contributed by atoms with Gasteiger partial charge in [-0.2, -0.15) is 0 Å². The summed E-state index contributed by atoms with van der Waals surface area (Å²) < 4.78 is 0. The van der Waals surface area contributed by atoms with Crippen molar-refractivity contribution in [1.82, 2.24) is 20.3 Å². The van der Waals surface area contributed by atoms with Crippen LogP contribution in [-0.4, -0.2) is 40.6 Å². The standard InChI is InChI=1S/C14H17N5/c1-4-16-9-12-10(1)8-17-14(18-12)19-6-3-11-7-15-5-2-13(11)19/h1,4,8-9,11,13,15H,2-3,5-7H2. The maximum Gasteiger partial charge on any atom is 0.226 e. The summed E-state index contributed by atoms with van der Waals surface area (Å²) in [5, 5.41) is 4.54. The molecule has 1 N–H and O–H groups in total. The highest BCUT2D eigenvalue weighted by atomic mass is 15.3. The predicted octanol–water partition coefficient (Wildman–Crippen LogP) is 1.21. The fourth-order valence-electron chi connectivity index (χ4n) is 3.33. The highest BCUT2D eigenvalue weighted by molar-refractivity contribution is 5.77. The second-order valence-electron chi connectivity index (χ2n) is 5.41.